The average molecular weight is 998 g/mol. The van der Waals surface area contributed by atoms with E-state index in [-0.39, 0.29) is 49.3 Å². The summed E-state index contributed by atoms with van der Waals surface area (Å²) in [6.07, 6.45) is 8.31. The van der Waals surface area contributed by atoms with E-state index in [4.69, 9.17) is 14.5 Å². The van der Waals surface area contributed by atoms with Crippen molar-refractivity contribution in [3.8, 4) is 28.7 Å². The molecular weight excluding hydrogens is 941 g/mol. The van der Waals surface area contributed by atoms with E-state index in [9.17, 15) is 38.0 Å². The lowest BCUT2D eigenvalue weighted by molar-refractivity contribution is -0.137. The van der Waals surface area contributed by atoms with Crippen molar-refractivity contribution in [1.82, 2.24) is 44.8 Å². The molecule has 73 heavy (non-hydrogen) atoms. The van der Waals surface area contributed by atoms with Gasteiger partial charge in [-0.15, -0.1) is 0 Å². The molecule has 380 valence electrons. The summed E-state index contributed by atoms with van der Waals surface area (Å²) in [4.78, 5) is 79.3. The number of nitriles is 1. The lowest BCUT2D eigenvalue weighted by Crippen LogP contribution is -2.62. The van der Waals surface area contributed by atoms with Crippen molar-refractivity contribution in [2.45, 2.75) is 63.6 Å². The highest BCUT2D eigenvalue weighted by Gasteiger charge is 2.41. The zero-order chi connectivity index (χ0) is 50.8. The number of piperidine rings is 3. The number of benzene rings is 2. The number of imide groups is 1. The third-order valence-corrected chi connectivity index (χ3v) is 15.0. The van der Waals surface area contributed by atoms with Crippen LogP contribution >= 0.6 is 0 Å². The second kappa shape index (κ2) is 20.9. The first-order valence-electron chi connectivity index (χ1n) is 25.0. The fourth-order valence-corrected chi connectivity index (χ4v) is 11.0. The Kier molecular flexibility index (Phi) is 14.1. The van der Waals surface area contributed by atoms with E-state index in [1.165, 1.54) is 11.1 Å². The Morgan fingerprint density at radius 2 is 1.66 bits per heavy atom. The second-order valence-electron chi connectivity index (χ2n) is 19.6. The number of fused-ring (bicyclic) bond motifs is 2. The van der Waals surface area contributed by atoms with Gasteiger partial charge in [-0.3, -0.25) is 34.2 Å². The van der Waals surface area contributed by atoms with Crippen LogP contribution in [0.15, 0.2) is 73.2 Å². The van der Waals surface area contributed by atoms with Gasteiger partial charge in [0.05, 0.1) is 41.2 Å². The van der Waals surface area contributed by atoms with Crippen LogP contribution in [0.1, 0.15) is 77.3 Å². The largest absolute Gasteiger partial charge is 0.492 e. The number of anilines is 1. The molecule has 5 aromatic rings. The quantitative estimate of drug-likeness (QED) is 0.149. The van der Waals surface area contributed by atoms with Crippen molar-refractivity contribution in [2.24, 2.45) is 5.92 Å². The number of pyridine rings is 2. The summed E-state index contributed by atoms with van der Waals surface area (Å²) in [5.41, 5.74) is 2.79. The van der Waals surface area contributed by atoms with Crippen molar-refractivity contribution in [2.75, 3.05) is 83.6 Å². The molecule has 8 heterocycles. The van der Waals surface area contributed by atoms with Crippen molar-refractivity contribution >= 4 is 40.9 Å². The smallest absolute Gasteiger partial charge is 0.260 e. The molecule has 4 fully saturated rings. The Balaban J connectivity index is 0.715. The van der Waals surface area contributed by atoms with Crippen LogP contribution in [0.4, 0.5) is 14.6 Å². The number of nitrogens with zero attached hydrogens (tertiary/aromatic N) is 9. The molecule has 0 saturated carbocycles. The molecule has 2 N–H and O–H groups in total. The van der Waals surface area contributed by atoms with Crippen molar-refractivity contribution in [1.29, 1.82) is 5.26 Å². The first kappa shape index (κ1) is 49.1. The van der Waals surface area contributed by atoms with Crippen molar-refractivity contribution in [3.05, 3.63) is 107 Å². The number of hydrogen-bond donors (Lipinski definition) is 2. The first-order valence-corrected chi connectivity index (χ1v) is 25.0. The molecule has 4 saturated heterocycles. The van der Waals surface area contributed by atoms with Gasteiger partial charge in [0.1, 0.15) is 41.1 Å². The average Bonchev–Trinajstić information content (AvgIpc) is 3.97. The van der Waals surface area contributed by atoms with Crippen LogP contribution in [0.3, 0.4) is 0 Å². The molecule has 10 rings (SSSR count). The fourth-order valence-electron chi connectivity index (χ4n) is 11.0. The van der Waals surface area contributed by atoms with Gasteiger partial charge in [0.2, 0.25) is 11.8 Å². The molecule has 20 heteroatoms. The number of halogens is 2. The summed E-state index contributed by atoms with van der Waals surface area (Å²) in [7, 11) is 0. The van der Waals surface area contributed by atoms with E-state index in [0.717, 1.165) is 80.7 Å². The molecule has 0 aliphatic carbocycles. The molecule has 2 aromatic carbocycles. The molecule has 1 unspecified atom stereocenters. The number of aromatic nitrogens is 3. The van der Waals surface area contributed by atoms with Gasteiger partial charge in [-0.1, -0.05) is 0 Å². The third kappa shape index (κ3) is 10.6. The molecular formula is C53H57F2N11O7. The van der Waals surface area contributed by atoms with E-state index < -0.39 is 35.0 Å². The minimum Gasteiger partial charge on any atom is -0.492 e. The van der Waals surface area contributed by atoms with Crippen LogP contribution in [0.25, 0.3) is 16.6 Å². The van der Waals surface area contributed by atoms with Crippen LogP contribution in [-0.4, -0.2) is 154 Å². The molecule has 1 atom stereocenters. The Hall–Kier alpha value is -7.50. The van der Waals surface area contributed by atoms with E-state index in [1.807, 2.05) is 30.0 Å². The highest BCUT2D eigenvalue weighted by Crippen LogP contribution is 2.34. The maximum Gasteiger partial charge on any atom is 0.260 e. The highest BCUT2D eigenvalue weighted by molar-refractivity contribution is 6.05. The van der Waals surface area contributed by atoms with Crippen LogP contribution < -0.4 is 25.0 Å². The van der Waals surface area contributed by atoms with Crippen LogP contribution in [0, 0.1) is 28.9 Å². The standard InChI is InChI=1S/C53H57F2N11O7/c1-2-72-40-25-42(49-37(26-56)28-58-66(49)31-40)35-3-9-46(57-27-35)63-17-13-53(14-18-63,60-50(69)43-24-38(54)4-7-44(43)55)33-62-21-19-61(20-22-62)29-34-11-15-64(16-12-34)48(68)32-73-39-5-6-41-36(23-39)30-65(52(41)71)45-8-10-47(67)59-51(45)70/h3-7,9,23-25,27-28,31,34,45H,2,8,10-22,29-30,32-33H2,1H3,(H,60,69)(H,59,67,70). The summed E-state index contributed by atoms with van der Waals surface area (Å²) < 4.78 is 42.6. The van der Waals surface area contributed by atoms with Gasteiger partial charge in [0, 0.05) is 101 Å². The third-order valence-electron chi connectivity index (χ3n) is 15.0. The van der Waals surface area contributed by atoms with E-state index >= 15 is 0 Å². The predicted molar refractivity (Wildman–Crippen MR) is 262 cm³/mol. The number of rotatable bonds is 14. The molecule has 5 amide bonds. The monoisotopic (exact) mass is 997 g/mol. The number of hydrogen-bond acceptors (Lipinski definition) is 13. The zero-order valence-electron chi connectivity index (χ0n) is 40.7. The topological polar surface area (TPSA) is 198 Å². The number of carbonyl (C=O) groups excluding carboxylic acids is 5. The van der Waals surface area contributed by atoms with Crippen molar-refractivity contribution in [3.63, 3.8) is 0 Å². The number of ether oxygens (including phenoxy) is 2. The zero-order valence-corrected chi connectivity index (χ0v) is 40.7. The lowest BCUT2D eigenvalue weighted by atomic mass is 9.85. The predicted octanol–water partition coefficient (Wildman–Crippen LogP) is 4.41. The molecule has 0 radical (unpaired) electrons. The summed E-state index contributed by atoms with van der Waals surface area (Å²) >= 11 is 0. The van der Waals surface area contributed by atoms with Gasteiger partial charge in [-0.05, 0) is 105 Å². The summed E-state index contributed by atoms with van der Waals surface area (Å²) in [5, 5.41) is 19.6. The molecule has 5 aliphatic heterocycles. The van der Waals surface area contributed by atoms with E-state index in [2.05, 4.69) is 36.5 Å². The minimum absolute atomic E-state index is 0.109. The Labute approximate surface area is 420 Å². The van der Waals surface area contributed by atoms with Gasteiger partial charge >= 0.3 is 0 Å². The maximum atomic E-state index is 14.9. The van der Waals surface area contributed by atoms with E-state index in [1.54, 1.807) is 35.1 Å². The van der Waals surface area contributed by atoms with Gasteiger partial charge in [-0.25, -0.2) is 18.3 Å². The molecule has 0 bridgehead atoms. The summed E-state index contributed by atoms with van der Waals surface area (Å²) in [5.74, 6) is -1.06. The lowest BCUT2D eigenvalue weighted by Gasteiger charge is -2.47. The maximum absolute atomic E-state index is 14.9. The Bertz CT molecular complexity index is 2970. The first-order chi connectivity index (χ1) is 35.3. The molecule has 3 aromatic heterocycles. The number of piperazine rings is 1. The number of carbonyl (C=O) groups is 5. The number of likely N-dealkylation sites (tertiary alicyclic amines) is 1. The van der Waals surface area contributed by atoms with Crippen molar-refractivity contribution < 1.29 is 42.2 Å². The summed E-state index contributed by atoms with van der Waals surface area (Å²) in [6.45, 7) is 9.43. The minimum atomic E-state index is -0.785. The van der Waals surface area contributed by atoms with Gasteiger partial charge in [0.15, 0.2) is 6.61 Å². The Morgan fingerprint density at radius 3 is 2.38 bits per heavy atom. The van der Waals surface area contributed by atoms with Crippen LogP contribution in [0.2, 0.25) is 0 Å². The van der Waals surface area contributed by atoms with E-state index in [0.29, 0.717) is 91.8 Å². The number of nitrogens with one attached hydrogen (secondary N) is 2. The summed E-state index contributed by atoms with van der Waals surface area (Å²) in [6, 6.07) is 15.3. The highest BCUT2D eigenvalue weighted by atomic mass is 19.1. The molecule has 18 nitrogen and oxygen atoms in total. The van der Waals surface area contributed by atoms with Gasteiger partial charge in [-0.2, -0.15) is 10.4 Å². The SMILES string of the molecule is CCOc1cc(-c2ccc(N3CCC(CN4CCN(CC5CCN(C(=O)COc6ccc7c(c6)CN(C6CCC(=O)NC6=O)C7=O)CC5)CC4)(NC(=O)c4cc(F)ccc4F)CC3)nc2)c2c(C#N)cnn2c1. The molecule has 5 aliphatic rings. The van der Waals surface area contributed by atoms with Crippen LogP contribution in [0.5, 0.6) is 11.5 Å². The Morgan fingerprint density at radius 1 is 0.877 bits per heavy atom. The van der Waals surface area contributed by atoms with Gasteiger partial charge < -0.3 is 34.4 Å². The fraction of sp³-hybridized carbons (Fsp3) is 0.434. The number of amides is 5. The second-order valence-corrected chi connectivity index (χ2v) is 19.6. The molecule has 0 spiro atoms. The normalized spacial score (nSPS) is 19.7. The van der Waals surface area contributed by atoms with Gasteiger partial charge in [0.25, 0.3) is 17.7 Å². The van der Waals surface area contributed by atoms with Crippen LogP contribution in [-0.2, 0) is 20.9 Å².